The predicted octanol–water partition coefficient (Wildman–Crippen LogP) is 3.81. The number of nitrogens with zero attached hydrogens (tertiary/aromatic N) is 1. The van der Waals surface area contributed by atoms with Crippen LogP contribution in [-0.4, -0.2) is 31.5 Å². The van der Waals surface area contributed by atoms with Gasteiger partial charge < -0.3 is 16.0 Å². The van der Waals surface area contributed by atoms with E-state index in [9.17, 15) is 13.6 Å². The average molecular weight is 514 g/mol. The molecule has 1 aliphatic rings. The van der Waals surface area contributed by atoms with E-state index in [1.165, 1.54) is 6.07 Å². The third-order valence-corrected chi connectivity index (χ3v) is 4.64. The summed E-state index contributed by atoms with van der Waals surface area (Å²) < 4.78 is 27.1. The number of nitrogens with one attached hydrogen (secondary N) is 3. The van der Waals surface area contributed by atoms with Gasteiger partial charge in [0.2, 0.25) is 5.91 Å². The van der Waals surface area contributed by atoms with Gasteiger partial charge in [-0.15, -0.1) is 24.0 Å². The summed E-state index contributed by atoms with van der Waals surface area (Å²) in [4.78, 5) is 16.5. The minimum atomic E-state index is -0.840. The number of hydrogen-bond donors (Lipinski definition) is 3. The summed E-state index contributed by atoms with van der Waals surface area (Å²) >= 11 is 0. The van der Waals surface area contributed by atoms with Gasteiger partial charge in [-0.25, -0.2) is 8.78 Å². The number of fused-ring (bicyclic) bond motifs is 1. The molecule has 0 bridgehead atoms. The van der Waals surface area contributed by atoms with E-state index in [-0.39, 0.29) is 35.8 Å². The number of para-hydroxylation sites is 1. The number of anilines is 1. The molecule has 8 heteroatoms. The first kappa shape index (κ1) is 23.1. The second-order valence-corrected chi connectivity index (χ2v) is 6.65. The molecule has 0 aliphatic carbocycles. The molecular formula is C21H25F2IN4O. The molecule has 1 heterocycles. The maximum absolute atomic E-state index is 13.8. The van der Waals surface area contributed by atoms with Crippen LogP contribution in [0.2, 0.25) is 0 Å². The van der Waals surface area contributed by atoms with E-state index < -0.39 is 11.6 Å². The second-order valence-electron chi connectivity index (χ2n) is 6.65. The third-order valence-electron chi connectivity index (χ3n) is 4.64. The van der Waals surface area contributed by atoms with Gasteiger partial charge in [0.15, 0.2) is 17.6 Å². The molecular weight excluding hydrogens is 489 g/mol. The lowest BCUT2D eigenvalue weighted by Gasteiger charge is -2.24. The van der Waals surface area contributed by atoms with E-state index in [0.29, 0.717) is 44.0 Å². The highest BCUT2D eigenvalue weighted by molar-refractivity contribution is 14.0. The fraction of sp³-hybridized carbons (Fsp3) is 0.333. The molecule has 2 aromatic carbocycles. The number of benzene rings is 2. The summed E-state index contributed by atoms with van der Waals surface area (Å²) in [6.45, 7) is 3.48. The summed E-state index contributed by atoms with van der Waals surface area (Å²) in [6, 6.07) is 11.9. The first-order valence-corrected chi connectivity index (χ1v) is 9.42. The fourth-order valence-corrected chi connectivity index (χ4v) is 3.27. The molecule has 5 nitrogen and oxygen atoms in total. The van der Waals surface area contributed by atoms with Crippen LogP contribution < -0.4 is 16.0 Å². The van der Waals surface area contributed by atoms with Crippen LogP contribution in [0.3, 0.4) is 0 Å². The summed E-state index contributed by atoms with van der Waals surface area (Å²) in [5.74, 6) is -1.08. The van der Waals surface area contributed by atoms with E-state index in [0.717, 1.165) is 17.3 Å². The normalized spacial score (nSPS) is 15.8. The molecule has 1 unspecified atom stereocenters. The number of amides is 1. The Morgan fingerprint density at radius 3 is 2.76 bits per heavy atom. The van der Waals surface area contributed by atoms with E-state index in [1.807, 2.05) is 31.2 Å². The Hall–Kier alpha value is -2.23. The Morgan fingerprint density at radius 2 is 1.97 bits per heavy atom. The van der Waals surface area contributed by atoms with Crippen molar-refractivity contribution in [3.8, 4) is 0 Å². The highest BCUT2D eigenvalue weighted by Crippen LogP contribution is 2.31. The van der Waals surface area contributed by atoms with Gasteiger partial charge in [-0.2, -0.15) is 0 Å². The van der Waals surface area contributed by atoms with Crippen LogP contribution in [0, 0.1) is 11.6 Å². The van der Waals surface area contributed by atoms with Gasteiger partial charge in [0, 0.05) is 31.1 Å². The molecule has 1 amide bonds. The maximum Gasteiger partial charge on any atom is 0.225 e. The number of aliphatic imine (C=N–C) groups is 1. The average Bonchev–Trinajstić information content (AvgIpc) is 2.69. The van der Waals surface area contributed by atoms with Crippen LogP contribution in [0.5, 0.6) is 0 Å². The van der Waals surface area contributed by atoms with Gasteiger partial charge in [0.05, 0.1) is 6.54 Å². The Labute approximate surface area is 186 Å². The molecule has 0 spiro atoms. The number of carbonyl (C=O) groups is 1. The third kappa shape index (κ3) is 6.12. The molecule has 1 aliphatic heterocycles. The van der Waals surface area contributed by atoms with Crippen LogP contribution in [0.1, 0.15) is 30.4 Å². The zero-order chi connectivity index (χ0) is 19.9. The van der Waals surface area contributed by atoms with Crippen LogP contribution in [0.25, 0.3) is 0 Å². The largest absolute Gasteiger partial charge is 0.357 e. The van der Waals surface area contributed by atoms with Gasteiger partial charge in [-0.1, -0.05) is 30.3 Å². The molecule has 0 saturated carbocycles. The van der Waals surface area contributed by atoms with Crippen molar-refractivity contribution in [1.29, 1.82) is 0 Å². The molecule has 1 atom stereocenters. The van der Waals surface area contributed by atoms with E-state index in [2.05, 4.69) is 20.9 Å². The molecule has 3 rings (SSSR count). The van der Waals surface area contributed by atoms with Gasteiger partial charge in [0.25, 0.3) is 0 Å². The predicted molar refractivity (Wildman–Crippen MR) is 122 cm³/mol. The van der Waals surface area contributed by atoms with Crippen molar-refractivity contribution in [2.45, 2.75) is 25.7 Å². The molecule has 3 N–H and O–H groups in total. The fourth-order valence-electron chi connectivity index (χ4n) is 3.27. The first-order chi connectivity index (χ1) is 13.6. The SMILES string of the molecule is CCNC(=NCC1CC(=O)Nc2ccccc21)NCCc1cccc(F)c1F.I. The van der Waals surface area contributed by atoms with Crippen molar-refractivity contribution < 1.29 is 13.6 Å². The number of halogens is 3. The summed E-state index contributed by atoms with van der Waals surface area (Å²) in [7, 11) is 0. The van der Waals surface area contributed by atoms with Crippen molar-refractivity contribution >= 4 is 41.5 Å². The van der Waals surface area contributed by atoms with Crippen LogP contribution >= 0.6 is 24.0 Å². The van der Waals surface area contributed by atoms with Crippen LogP contribution in [-0.2, 0) is 11.2 Å². The molecule has 156 valence electrons. The highest BCUT2D eigenvalue weighted by atomic mass is 127. The molecule has 2 aromatic rings. The highest BCUT2D eigenvalue weighted by Gasteiger charge is 2.24. The number of rotatable bonds is 6. The quantitative estimate of drug-likeness (QED) is 0.312. The lowest BCUT2D eigenvalue weighted by molar-refractivity contribution is -0.116. The van der Waals surface area contributed by atoms with Crippen LogP contribution in [0.4, 0.5) is 14.5 Å². The maximum atomic E-state index is 13.8. The zero-order valence-corrected chi connectivity index (χ0v) is 18.5. The van der Waals surface area contributed by atoms with Crippen molar-refractivity contribution in [1.82, 2.24) is 10.6 Å². The monoisotopic (exact) mass is 514 g/mol. The molecule has 0 radical (unpaired) electrons. The molecule has 0 aromatic heterocycles. The van der Waals surface area contributed by atoms with Gasteiger partial charge in [-0.3, -0.25) is 9.79 Å². The van der Waals surface area contributed by atoms with Crippen molar-refractivity contribution in [2.75, 3.05) is 25.0 Å². The number of carbonyl (C=O) groups excluding carboxylic acids is 1. The summed E-state index contributed by atoms with van der Waals surface area (Å²) in [5, 5.41) is 9.16. The molecule has 0 saturated heterocycles. The number of guanidine groups is 1. The topological polar surface area (TPSA) is 65.5 Å². The van der Waals surface area contributed by atoms with Crippen molar-refractivity contribution in [3.05, 3.63) is 65.2 Å². The lowest BCUT2D eigenvalue weighted by Crippen LogP contribution is -2.39. The summed E-state index contributed by atoms with van der Waals surface area (Å²) in [6.07, 6.45) is 0.719. The Balaban J connectivity index is 0.00000300. The molecule has 29 heavy (non-hydrogen) atoms. The minimum Gasteiger partial charge on any atom is -0.357 e. The lowest BCUT2D eigenvalue weighted by atomic mass is 9.91. The van der Waals surface area contributed by atoms with Gasteiger partial charge in [0.1, 0.15) is 0 Å². The zero-order valence-electron chi connectivity index (χ0n) is 16.2. The Morgan fingerprint density at radius 1 is 1.17 bits per heavy atom. The van der Waals surface area contributed by atoms with Crippen LogP contribution in [0.15, 0.2) is 47.5 Å². The number of hydrogen-bond acceptors (Lipinski definition) is 2. The van der Waals surface area contributed by atoms with Gasteiger partial charge in [-0.05, 0) is 36.6 Å². The van der Waals surface area contributed by atoms with E-state index in [4.69, 9.17) is 0 Å². The van der Waals surface area contributed by atoms with E-state index in [1.54, 1.807) is 6.07 Å². The standard InChI is InChI=1S/C21H24F2N4O.HI/c1-2-24-21(25-11-10-14-6-5-8-17(22)20(14)23)26-13-15-12-19(28)27-18-9-4-3-7-16(15)18;/h3-9,15H,2,10-13H2,1H3,(H,27,28)(H2,24,25,26);1H. The van der Waals surface area contributed by atoms with Crippen molar-refractivity contribution in [3.63, 3.8) is 0 Å². The smallest absolute Gasteiger partial charge is 0.225 e. The first-order valence-electron chi connectivity index (χ1n) is 9.42. The second kappa shape index (κ2) is 11.1. The minimum absolute atomic E-state index is 0. The van der Waals surface area contributed by atoms with Gasteiger partial charge >= 0.3 is 0 Å². The molecule has 0 fully saturated rings. The van der Waals surface area contributed by atoms with E-state index >= 15 is 0 Å². The Kier molecular flexibility index (Phi) is 8.81. The Bertz CT molecular complexity index is 876. The summed E-state index contributed by atoms with van der Waals surface area (Å²) in [5.41, 5.74) is 2.23. The van der Waals surface area contributed by atoms with Crippen molar-refractivity contribution in [2.24, 2.45) is 4.99 Å².